The molecule has 0 radical (unpaired) electrons. The van der Waals surface area contributed by atoms with Crippen molar-refractivity contribution in [2.75, 3.05) is 19.5 Å². The van der Waals surface area contributed by atoms with Gasteiger partial charge in [0.1, 0.15) is 5.82 Å². The van der Waals surface area contributed by atoms with Gasteiger partial charge in [-0.05, 0) is 18.6 Å². The first-order valence-electron chi connectivity index (χ1n) is 6.20. The first kappa shape index (κ1) is 13.9. The van der Waals surface area contributed by atoms with Crippen molar-refractivity contribution in [3.8, 4) is 11.9 Å². The molecule has 5 heteroatoms. The molecule has 0 aliphatic carbocycles. The summed E-state index contributed by atoms with van der Waals surface area (Å²) < 4.78 is 10.4. The van der Waals surface area contributed by atoms with Crippen LogP contribution < -0.4 is 14.8 Å². The van der Waals surface area contributed by atoms with Gasteiger partial charge in [-0.25, -0.2) is 0 Å². The lowest BCUT2D eigenvalue weighted by Crippen LogP contribution is -2.05. The van der Waals surface area contributed by atoms with Gasteiger partial charge in [0.25, 0.3) is 0 Å². The Morgan fingerprint density at radius 1 is 1.15 bits per heavy atom. The van der Waals surface area contributed by atoms with Crippen molar-refractivity contribution in [2.45, 2.75) is 6.42 Å². The first-order chi connectivity index (χ1) is 9.78. The predicted octanol–water partition coefficient (Wildman–Crippen LogP) is 2.97. The molecule has 2 aromatic rings. The van der Waals surface area contributed by atoms with Gasteiger partial charge in [0.2, 0.25) is 5.88 Å². The maximum atomic E-state index is 5.30. The highest BCUT2D eigenvalue weighted by molar-refractivity contribution is 5.62. The number of hydrogen-bond acceptors (Lipinski definition) is 5. The second-order valence-corrected chi connectivity index (χ2v) is 4.03. The van der Waals surface area contributed by atoms with E-state index in [4.69, 9.17) is 9.47 Å². The molecule has 0 spiro atoms. The number of nitrogens with zero attached hydrogens (tertiary/aromatic N) is 2. The molecule has 0 saturated carbocycles. The summed E-state index contributed by atoms with van der Waals surface area (Å²) in [5, 5.41) is 3.25. The van der Waals surface area contributed by atoms with Crippen molar-refractivity contribution in [1.29, 1.82) is 0 Å². The van der Waals surface area contributed by atoms with E-state index in [1.54, 1.807) is 13.2 Å². The second-order valence-electron chi connectivity index (χ2n) is 4.03. The van der Waals surface area contributed by atoms with Crippen LogP contribution in [-0.4, -0.2) is 24.2 Å². The molecular weight excluding hydrogens is 254 g/mol. The molecule has 0 bridgehead atoms. The average molecular weight is 271 g/mol. The van der Waals surface area contributed by atoms with Crippen molar-refractivity contribution < 1.29 is 9.47 Å². The lowest BCUT2D eigenvalue weighted by atomic mass is 10.2. The third kappa shape index (κ3) is 3.06. The van der Waals surface area contributed by atoms with E-state index in [1.165, 1.54) is 7.11 Å². The number of methoxy groups -OCH3 is 2. The van der Waals surface area contributed by atoms with Crippen molar-refractivity contribution >= 4 is 11.5 Å². The van der Waals surface area contributed by atoms with Gasteiger partial charge in [-0.3, -0.25) is 0 Å². The number of ether oxygens (including phenoxy) is 2. The summed E-state index contributed by atoms with van der Waals surface area (Å²) in [7, 11) is 3.09. The van der Waals surface area contributed by atoms with Crippen LogP contribution in [0.25, 0.3) is 0 Å². The Hall–Kier alpha value is -2.56. The molecule has 0 aliphatic heterocycles. The first-order valence-corrected chi connectivity index (χ1v) is 6.20. The van der Waals surface area contributed by atoms with E-state index in [9.17, 15) is 0 Å². The van der Waals surface area contributed by atoms with Gasteiger partial charge in [0.05, 0.1) is 19.8 Å². The Balaban J connectivity index is 2.45. The van der Waals surface area contributed by atoms with Gasteiger partial charge in [-0.1, -0.05) is 24.3 Å². The number of rotatable bonds is 6. The molecule has 5 nitrogen and oxygen atoms in total. The summed E-state index contributed by atoms with van der Waals surface area (Å²) in [5.41, 5.74) is 1.77. The van der Waals surface area contributed by atoms with Crippen LogP contribution in [0.2, 0.25) is 0 Å². The van der Waals surface area contributed by atoms with Gasteiger partial charge in [0, 0.05) is 5.69 Å². The molecule has 0 saturated heterocycles. The Morgan fingerprint density at radius 3 is 2.50 bits per heavy atom. The van der Waals surface area contributed by atoms with E-state index >= 15 is 0 Å². The molecule has 1 heterocycles. The molecular formula is C15H17N3O2. The van der Waals surface area contributed by atoms with Gasteiger partial charge in [0.15, 0.2) is 0 Å². The number of aromatic nitrogens is 2. The third-order valence-corrected chi connectivity index (χ3v) is 2.71. The summed E-state index contributed by atoms with van der Waals surface area (Å²) in [6.07, 6.45) is 2.38. The third-order valence-electron chi connectivity index (χ3n) is 2.71. The van der Waals surface area contributed by atoms with E-state index in [0.717, 1.165) is 11.3 Å². The Kier molecular flexibility index (Phi) is 4.55. The van der Waals surface area contributed by atoms with Gasteiger partial charge >= 0.3 is 6.01 Å². The molecule has 1 aromatic carbocycles. The normalized spacial score (nSPS) is 9.90. The smallest absolute Gasteiger partial charge is 0.321 e. The van der Waals surface area contributed by atoms with Crippen molar-refractivity contribution in [3.63, 3.8) is 0 Å². The summed E-state index contributed by atoms with van der Waals surface area (Å²) in [4.78, 5) is 8.53. The topological polar surface area (TPSA) is 56.3 Å². The van der Waals surface area contributed by atoms with Crippen molar-refractivity contribution in [2.24, 2.45) is 0 Å². The zero-order chi connectivity index (χ0) is 14.4. The van der Waals surface area contributed by atoms with Crippen molar-refractivity contribution in [1.82, 2.24) is 9.97 Å². The largest absolute Gasteiger partial charge is 0.481 e. The molecule has 104 valence electrons. The molecule has 2 rings (SSSR count). The minimum absolute atomic E-state index is 0.257. The minimum atomic E-state index is 0.257. The van der Waals surface area contributed by atoms with E-state index < -0.39 is 0 Å². The summed E-state index contributed by atoms with van der Waals surface area (Å²) in [6.45, 7) is 3.75. The lowest BCUT2D eigenvalue weighted by molar-refractivity contribution is 0.350. The maximum Gasteiger partial charge on any atom is 0.321 e. The summed E-state index contributed by atoms with van der Waals surface area (Å²) >= 11 is 0. The molecule has 0 fully saturated rings. The van der Waals surface area contributed by atoms with Crippen LogP contribution in [0.15, 0.2) is 43.0 Å². The zero-order valence-corrected chi connectivity index (χ0v) is 11.6. The molecule has 0 atom stereocenters. The zero-order valence-electron chi connectivity index (χ0n) is 11.6. The molecule has 1 N–H and O–H groups in total. The maximum absolute atomic E-state index is 5.30. The van der Waals surface area contributed by atoms with Crippen LogP contribution in [0.1, 0.15) is 5.56 Å². The van der Waals surface area contributed by atoms with Crippen LogP contribution in [0.3, 0.4) is 0 Å². The van der Waals surface area contributed by atoms with Crippen LogP contribution >= 0.6 is 0 Å². The second kappa shape index (κ2) is 6.56. The predicted molar refractivity (Wildman–Crippen MR) is 78.8 cm³/mol. The van der Waals surface area contributed by atoms with Crippen LogP contribution in [0.4, 0.5) is 11.5 Å². The monoisotopic (exact) mass is 271 g/mol. The number of benzene rings is 1. The van der Waals surface area contributed by atoms with E-state index in [1.807, 2.05) is 30.3 Å². The summed E-state index contributed by atoms with van der Waals surface area (Å²) in [6, 6.07) is 10.0. The quantitative estimate of drug-likeness (QED) is 0.819. The number of nitrogens with one attached hydrogen (secondary N) is 1. The molecule has 0 aliphatic rings. The van der Waals surface area contributed by atoms with Crippen molar-refractivity contribution in [3.05, 3.63) is 48.6 Å². The van der Waals surface area contributed by atoms with E-state index in [2.05, 4.69) is 21.9 Å². The number of hydrogen-bond donors (Lipinski definition) is 1. The van der Waals surface area contributed by atoms with Crippen LogP contribution in [-0.2, 0) is 6.42 Å². The number of allylic oxidation sites excluding steroid dienone is 1. The van der Waals surface area contributed by atoms with Gasteiger partial charge in [-0.2, -0.15) is 9.97 Å². The van der Waals surface area contributed by atoms with Crippen LogP contribution in [0, 0.1) is 0 Å². The molecule has 20 heavy (non-hydrogen) atoms. The highest BCUT2D eigenvalue weighted by atomic mass is 16.5. The fourth-order valence-corrected chi connectivity index (χ4v) is 1.79. The fraction of sp³-hybridized carbons (Fsp3) is 0.200. The number of para-hydroxylation sites is 1. The molecule has 0 unspecified atom stereocenters. The minimum Gasteiger partial charge on any atom is -0.481 e. The highest BCUT2D eigenvalue weighted by Gasteiger charge is 2.14. The lowest BCUT2D eigenvalue weighted by Gasteiger charge is -2.14. The van der Waals surface area contributed by atoms with E-state index in [-0.39, 0.29) is 6.01 Å². The standard InChI is InChI=1S/C15H17N3O2/c1-4-8-12-13(16-11-9-6-5-7-10-11)17-15(20-3)18-14(12)19-2/h4-7,9-10H,1,8H2,2-3H3,(H,16,17,18). The molecule has 1 aromatic heterocycles. The van der Waals surface area contributed by atoms with E-state index in [0.29, 0.717) is 18.1 Å². The molecule has 0 amide bonds. The Labute approximate surface area is 118 Å². The number of anilines is 2. The average Bonchev–Trinajstić information content (AvgIpc) is 2.50. The van der Waals surface area contributed by atoms with Crippen LogP contribution in [0.5, 0.6) is 11.9 Å². The SMILES string of the molecule is C=CCc1c(Nc2ccccc2)nc(OC)nc1OC. The highest BCUT2D eigenvalue weighted by Crippen LogP contribution is 2.28. The fourth-order valence-electron chi connectivity index (χ4n) is 1.79. The van der Waals surface area contributed by atoms with Gasteiger partial charge in [-0.15, -0.1) is 6.58 Å². The van der Waals surface area contributed by atoms with Gasteiger partial charge < -0.3 is 14.8 Å². The Bertz CT molecular complexity index is 585. The Morgan fingerprint density at radius 2 is 1.90 bits per heavy atom. The summed E-state index contributed by atoms with van der Waals surface area (Å²) in [5.74, 6) is 1.13.